The molecule has 5 rings (SSSR count). The van der Waals surface area contributed by atoms with E-state index in [1.807, 2.05) is 12.1 Å². The highest BCUT2D eigenvalue weighted by atomic mass is 35.5. The largest absolute Gasteiger partial charge is 0.292 e. The van der Waals surface area contributed by atoms with Crippen LogP contribution < -0.4 is 0 Å². The van der Waals surface area contributed by atoms with Crippen molar-refractivity contribution >= 4 is 17.2 Å². The summed E-state index contributed by atoms with van der Waals surface area (Å²) >= 11 is 6.05. The molecule has 2 aromatic rings. The van der Waals surface area contributed by atoms with Crippen molar-refractivity contribution in [3.63, 3.8) is 0 Å². The predicted molar refractivity (Wildman–Crippen MR) is 97.5 cm³/mol. The van der Waals surface area contributed by atoms with Gasteiger partial charge in [-0.3, -0.25) is 4.90 Å². The number of rotatable bonds is 3. The highest BCUT2D eigenvalue weighted by Crippen LogP contribution is 2.39. The summed E-state index contributed by atoms with van der Waals surface area (Å²) in [5.74, 6) is 0. The molecular formula is C21H22ClN. The van der Waals surface area contributed by atoms with Crippen LogP contribution in [0.2, 0.25) is 5.02 Å². The summed E-state index contributed by atoms with van der Waals surface area (Å²) in [5.41, 5.74) is 6.01. The van der Waals surface area contributed by atoms with Crippen LogP contribution in [0.25, 0.3) is 5.57 Å². The smallest absolute Gasteiger partial charge is 0.0406 e. The van der Waals surface area contributed by atoms with E-state index in [1.165, 1.54) is 36.8 Å². The lowest BCUT2D eigenvalue weighted by molar-refractivity contribution is 0.198. The fourth-order valence-corrected chi connectivity index (χ4v) is 4.15. The van der Waals surface area contributed by atoms with E-state index in [1.54, 1.807) is 11.1 Å². The summed E-state index contributed by atoms with van der Waals surface area (Å²) in [4.78, 5) is 2.68. The van der Waals surface area contributed by atoms with Gasteiger partial charge in [-0.2, -0.15) is 0 Å². The molecule has 2 aliphatic heterocycles. The van der Waals surface area contributed by atoms with E-state index >= 15 is 0 Å². The van der Waals surface area contributed by atoms with Crippen molar-refractivity contribution in [3.05, 3.63) is 76.3 Å². The van der Waals surface area contributed by atoms with E-state index in [-0.39, 0.29) is 0 Å². The topological polar surface area (TPSA) is 3.24 Å². The Balaban J connectivity index is 1.60. The highest BCUT2D eigenvalue weighted by Gasteiger charge is 2.31. The molecular weight excluding hydrogens is 302 g/mol. The van der Waals surface area contributed by atoms with Gasteiger partial charge < -0.3 is 0 Å². The third kappa shape index (κ3) is 3.22. The Bertz CT molecular complexity index is 702. The van der Waals surface area contributed by atoms with E-state index in [0.717, 1.165) is 18.1 Å². The predicted octanol–water partition coefficient (Wildman–Crippen LogP) is 5.55. The quantitative estimate of drug-likeness (QED) is 0.715. The molecule has 0 radical (unpaired) electrons. The van der Waals surface area contributed by atoms with Gasteiger partial charge in [0, 0.05) is 24.2 Å². The molecule has 1 nitrogen and oxygen atoms in total. The average Bonchev–Trinajstić information content (AvgIpc) is 2.90. The molecule has 1 unspecified atom stereocenters. The minimum absolute atomic E-state index is 0.673. The fraction of sp³-hybridized carbons (Fsp3) is 0.333. The highest BCUT2D eigenvalue weighted by molar-refractivity contribution is 6.30. The Morgan fingerprint density at radius 2 is 1.78 bits per heavy atom. The number of benzene rings is 2. The molecule has 23 heavy (non-hydrogen) atoms. The Hall–Kier alpha value is -1.57. The van der Waals surface area contributed by atoms with E-state index < -0.39 is 0 Å². The van der Waals surface area contributed by atoms with Gasteiger partial charge in [0.2, 0.25) is 0 Å². The van der Waals surface area contributed by atoms with Gasteiger partial charge in [0.1, 0.15) is 0 Å². The molecule has 0 spiro atoms. The summed E-state index contributed by atoms with van der Waals surface area (Å²) in [6.07, 6.45) is 5.07. The molecule has 2 heterocycles. The molecule has 0 aromatic heterocycles. The van der Waals surface area contributed by atoms with Crippen molar-refractivity contribution in [1.82, 2.24) is 4.90 Å². The third-order valence-electron chi connectivity index (χ3n) is 5.21. The molecule has 0 saturated carbocycles. The molecule has 2 heteroatoms. The van der Waals surface area contributed by atoms with Crippen molar-refractivity contribution in [2.24, 2.45) is 0 Å². The second kappa shape index (κ2) is 6.51. The lowest BCUT2D eigenvalue weighted by atomic mass is 9.90. The second-order valence-electron chi connectivity index (χ2n) is 6.73. The van der Waals surface area contributed by atoms with Gasteiger partial charge in [0.05, 0.1) is 0 Å². The molecule has 2 bridgehead atoms. The average molecular weight is 324 g/mol. The Morgan fingerprint density at radius 1 is 1.00 bits per heavy atom. The van der Waals surface area contributed by atoms with Gasteiger partial charge in [-0.1, -0.05) is 59.6 Å². The van der Waals surface area contributed by atoms with E-state index in [4.69, 9.17) is 11.6 Å². The first-order valence-corrected chi connectivity index (χ1v) is 8.92. The summed E-state index contributed by atoms with van der Waals surface area (Å²) in [6.45, 7) is 2.19. The van der Waals surface area contributed by atoms with Crippen LogP contribution in [0.4, 0.5) is 0 Å². The summed E-state index contributed by atoms with van der Waals surface area (Å²) in [7, 11) is 0. The number of fused-ring (bicyclic) bond motifs is 4. The van der Waals surface area contributed by atoms with Crippen LogP contribution in [0.5, 0.6) is 0 Å². The number of halogens is 1. The number of hydrogen-bond donors (Lipinski definition) is 0. The van der Waals surface area contributed by atoms with Crippen LogP contribution >= 0.6 is 11.6 Å². The lowest BCUT2D eigenvalue weighted by Crippen LogP contribution is -2.38. The normalized spacial score (nSPS) is 21.5. The minimum atomic E-state index is 0.673. The van der Waals surface area contributed by atoms with Crippen LogP contribution in [0, 0.1) is 0 Å². The second-order valence-corrected chi connectivity index (χ2v) is 7.17. The van der Waals surface area contributed by atoms with Gasteiger partial charge in [0.25, 0.3) is 0 Å². The van der Waals surface area contributed by atoms with Gasteiger partial charge in [-0.05, 0) is 54.5 Å². The monoisotopic (exact) mass is 323 g/mol. The zero-order chi connectivity index (χ0) is 15.6. The molecule has 0 amide bonds. The van der Waals surface area contributed by atoms with Gasteiger partial charge in [-0.25, -0.2) is 0 Å². The standard InChI is InChI=1S/C21H22ClN/c22-19-11-9-17(10-12-19)21-13-20-8-4-7-18(21)15-23(20)14-16-5-2-1-3-6-16/h1-3,5-6,9-12,20H,4,7-8,13-15H2. The molecule has 1 saturated heterocycles. The summed E-state index contributed by atoms with van der Waals surface area (Å²) in [5, 5.41) is 0.823. The van der Waals surface area contributed by atoms with Crippen LogP contribution in [-0.4, -0.2) is 17.5 Å². The van der Waals surface area contributed by atoms with E-state index in [9.17, 15) is 0 Å². The van der Waals surface area contributed by atoms with Crippen molar-refractivity contribution < 1.29 is 0 Å². The van der Waals surface area contributed by atoms with Gasteiger partial charge >= 0.3 is 0 Å². The van der Waals surface area contributed by atoms with Crippen molar-refractivity contribution in [1.29, 1.82) is 0 Å². The summed E-state index contributed by atoms with van der Waals surface area (Å²) < 4.78 is 0. The van der Waals surface area contributed by atoms with E-state index in [2.05, 4.69) is 47.4 Å². The third-order valence-corrected chi connectivity index (χ3v) is 5.47. The Labute approximate surface area is 143 Å². The molecule has 3 aliphatic rings. The molecule has 118 valence electrons. The van der Waals surface area contributed by atoms with Crippen LogP contribution in [0.3, 0.4) is 0 Å². The first-order valence-electron chi connectivity index (χ1n) is 8.54. The van der Waals surface area contributed by atoms with Crippen LogP contribution in [0.1, 0.15) is 36.8 Å². The SMILES string of the molecule is Clc1ccc(C2=C3CCCC(C2)N(Cc2ccccc2)C3)cc1. The van der Waals surface area contributed by atoms with Crippen LogP contribution in [0.15, 0.2) is 60.2 Å². The maximum Gasteiger partial charge on any atom is 0.0406 e. The first-order chi connectivity index (χ1) is 11.3. The molecule has 1 aliphatic carbocycles. The number of hydrogen-bond acceptors (Lipinski definition) is 1. The first kappa shape index (κ1) is 15.0. The maximum absolute atomic E-state index is 6.05. The molecule has 1 fully saturated rings. The van der Waals surface area contributed by atoms with Crippen molar-refractivity contribution in [3.8, 4) is 0 Å². The van der Waals surface area contributed by atoms with Crippen molar-refractivity contribution in [2.75, 3.05) is 6.54 Å². The Morgan fingerprint density at radius 3 is 2.57 bits per heavy atom. The lowest BCUT2D eigenvalue weighted by Gasteiger charge is -2.36. The zero-order valence-electron chi connectivity index (χ0n) is 13.3. The fourth-order valence-electron chi connectivity index (χ4n) is 4.02. The summed E-state index contributed by atoms with van der Waals surface area (Å²) in [6, 6.07) is 20.0. The van der Waals surface area contributed by atoms with E-state index in [0.29, 0.717) is 6.04 Å². The Kier molecular flexibility index (Phi) is 4.24. The molecule has 2 aromatic carbocycles. The van der Waals surface area contributed by atoms with Gasteiger partial charge in [0.15, 0.2) is 0 Å². The zero-order valence-corrected chi connectivity index (χ0v) is 14.1. The minimum Gasteiger partial charge on any atom is -0.292 e. The van der Waals surface area contributed by atoms with Crippen LogP contribution in [-0.2, 0) is 6.54 Å². The maximum atomic E-state index is 6.05. The molecule has 0 N–H and O–H groups in total. The molecule has 1 atom stereocenters. The van der Waals surface area contributed by atoms with Gasteiger partial charge in [-0.15, -0.1) is 0 Å². The number of nitrogens with zero attached hydrogens (tertiary/aromatic N) is 1. The van der Waals surface area contributed by atoms with Crippen molar-refractivity contribution in [2.45, 2.75) is 38.3 Å².